The normalized spacial score (nSPS) is 17.5. The van der Waals surface area contributed by atoms with Gasteiger partial charge in [0.25, 0.3) is 0 Å². The highest BCUT2D eigenvalue weighted by atomic mass is 79.9. The molecule has 0 saturated carbocycles. The van der Waals surface area contributed by atoms with Crippen molar-refractivity contribution in [2.24, 2.45) is 5.92 Å². The average molecular weight is 360 g/mol. The maximum Gasteiger partial charge on any atom is 0.228 e. The summed E-state index contributed by atoms with van der Waals surface area (Å²) in [5.74, 6) is 0.840. The molecule has 1 heterocycles. The van der Waals surface area contributed by atoms with Crippen LogP contribution < -0.4 is 5.32 Å². The van der Waals surface area contributed by atoms with E-state index >= 15 is 0 Å². The van der Waals surface area contributed by atoms with Gasteiger partial charge in [-0.3, -0.25) is 4.79 Å². The minimum absolute atomic E-state index is 0.0520. The summed E-state index contributed by atoms with van der Waals surface area (Å²) in [5, 5.41) is 7.52. The molecule has 5 heteroatoms. The van der Waals surface area contributed by atoms with Crippen LogP contribution in [0.1, 0.15) is 25.0 Å². The molecular weight excluding hydrogens is 342 g/mol. The van der Waals surface area contributed by atoms with Crippen LogP contribution in [0.3, 0.4) is 0 Å². The highest BCUT2D eigenvalue weighted by molar-refractivity contribution is 9.10. The highest BCUT2D eigenvalue weighted by Crippen LogP contribution is 2.23. The molecule has 1 amide bonds. The van der Waals surface area contributed by atoms with E-state index in [1.807, 2.05) is 37.3 Å². The van der Waals surface area contributed by atoms with Gasteiger partial charge in [0.1, 0.15) is 5.82 Å². The first-order valence-corrected chi connectivity index (χ1v) is 8.21. The summed E-state index contributed by atoms with van der Waals surface area (Å²) >= 11 is 3.47. The zero-order valence-corrected chi connectivity index (χ0v) is 14.0. The van der Waals surface area contributed by atoms with Crippen molar-refractivity contribution in [3.05, 3.63) is 52.7 Å². The number of carbonyl (C=O) groups is 1. The minimum Gasteiger partial charge on any atom is -0.310 e. The van der Waals surface area contributed by atoms with Crippen LogP contribution in [0.5, 0.6) is 0 Å². The van der Waals surface area contributed by atoms with Crippen LogP contribution in [0.4, 0.5) is 5.82 Å². The summed E-state index contributed by atoms with van der Waals surface area (Å²) < 4.78 is 2.75. The molecule has 0 radical (unpaired) electrons. The Morgan fingerprint density at radius 2 is 2.23 bits per heavy atom. The van der Waals surface area contributed by atoms with E-state index in [-0.39, 0.29) is 11.8 Å². The molecule has 2 aromatic rings. The fraction of sp³-hybridized carbons (Fsp3) is 0.294. The monoisotopic (exact) mass is 359 g/mol. The number of anilines is 1. The van der Waals surface area contributed by atoms with Crippen LogP contribution in [0.2, 0.25) is 0 Å². The first-order chi connectivity index (χ1) is 10.6. The van der Waals surface area contributed by atoms with Crippen molar-refractivity contribution >= 4 is 27.7 Å². The van der Waals surface area contributed by atoms with Gasteiger partial charge in [0, 0.05) is 16.5 Å². The zero-order valence-electron chi connectivity index (χ0n) is 12.4. The molecule has 0 bridgehead atoms. The molecule has 1 aliphatic rings. The maximum absolute atomic E-state index is 12.4. The van der Waals surface area contributed by atoms with Gasteiger partial charge in [0.2, 0.25) is 5.91 Å². The molecule has 3 rings (SSSR count). The molecule has 4 nitrogen and oxygen atoms in total. The number of halogens is 1. The van der Waals surface area contributed by atoms with E-state index in [0.29, 0.717) is 0 Å². The Hall–Kier alpha value is -1.88. The molecule has 1 N–H and O–H groups in total. The number of hydrogen-bond donors (Lipinski definition) is 1. The van der Waals surface area contributed by atoms with E-state index in [1.54, 1.807) is 4.68 Å². The molecular formula is C17H18BrN3O. The Morgan fingerprint density at radius 1 is 1.36 bits per heavy atom. The lowest BCUT2D eigenvalue weighted by Gasteiger charge is -2.17. The standard InChI is InChI=1S/C17H18BrN3O/c1-12-10-16(19-17(22)13-6-3-2-4-7-13)21(20-12)15-9-5-8-14(18)11-15/h2-3,5,8-11,13H,4,6-7H2,1H3,(H,19,22)/t13-/m0/s1. The Balaban J connectivity index is 1.85. The first-order valence-electron chi connectivity index (χ1n) is 7.42. The lowest BCUT2D eigenvalue weighted by molar-refractivity contribution is -0.120. The SMILES string of the molecule is Cc1cc(NC(=O)[C@H]2CC=CCC2)n(-c2cccc(Br)c2)n1. The Labute approximate surface area is 138 Å². The third-order valence-electron chi connectivity index (χ3n) is 3.78. The number of rotatable bonds is 3. The molecule has 0 fully saturated rings. The van der Waals surface area contributed by atoms with Crippen molar-refractivity contribution in [2.75, 3.05) is 5.32 Å². The van der Waals surface area contributed by atoms with Gasteiger partial charge in [-0.2, -0.15) is 5.10 Å². The van der Waals surface area contributed by atoms with Gasteiger partial charge >= 0.3 is 0 Å². The van der Waals surface area contributed by atoms with Crippen molar-refractivity contribution in [3.8, 4) is 5.69 Å². The van der Waals surface area contributed by atoms with Crippen LogP contribution in [-0.4, -0.2) is 15.7 Å². The molecule has 0 unspecified atom stereocenters. The van der Waals surface area contributed by atoms with Crippen LogP contribution in [-0.2, 0) is 4.79 Å². The third kappa shape index (κ3) is 3.30. The van der Waals surface area contributed by atoms with E-state index in [9.17, 15) is 4.79 Å². The van der Waals surface area contributed by atoms with Crippen molar-refractivity contribution in [2.45, 2.75) is 26.2 Å². The molecule has 0 spiro atoms. The van der Waals surface area contributed by atoms with Gasteiger partial charge in [-0.25, -0.2) is 4.68 Å². The Bertz CT molecular complexity index is 720. The van der Waals surface area contributed by atoms with E-state index in [2.05, 4.69) is 38.5 Å². The maximum atomic E-state index is 12.4. The molecule has 1 atom stereocenters. The molecule has 22 heavy (non-hydrogen) atoms. The van der Waals surface area contributed by atoms with Crippen molar-refractivity contribution in [1.82, 2.24) is 9.78 Å². The van der Waals surface area contributed by atoms with E-state index < -0.39 is 0 Å². The van der Waals surface area contributed by atoms with Crippen molar-refractivity contribution in [3.63, 3.8) is 0 Å². The molecule has 0 aliphatic heterocycles. The summed E-state index contributed by atoms with van der Waals surface area (Å²) in [4.78, 5) is 12.4. The van der Waals surface area contributed by atoms with Crippen LogP contribution in [0.25, 0.3) is 5.69 Å². The van der Waals surface area contributed by atoms with Gasteiger partial charge in [-0.05, 0) is 44.4 Å². The van der Waals surface area contributed by atoms with Crippen LogP contribution in [0.15, 0.2) is 47.0 Å². The molecule has 114 valence electrons. The minimum atomic E-state index is 0.0520. The predicted molar refractivity (Wildman–Crippen MR) is 91.1 cm³/mol. The quantitative estimate of drug-likeness (QED) is 0.833. The lowest BCUT2D eigenvalue weighted by atomic mass is 9.94. The lowest BCUT2D eigenvalue weighted by Crippen LogP contribution is -2.24. The summed E-state index contributed by atoms with van der Waals surface area (Å²) in [6.07, 6.45) is 6.93. The number of amides is 1. The van der Waals surface area contributed by atoms with Gasteiger partial charge < -0.3 is 5.32 Å². The number of nitrogens with zero attached hydrogens (tertiary/aromatic N) is 2. The summed E-state index contributed by atoms with van der Waals surface area (Å²) in [7, 11) is 0. The summed E-state index contributed by atoms with van der Waals surface area (Å²) in [6, 6.07) is 9.76. The van der Waals surface area contributed by atoms with Crippen molar-refractivity contribution < 1.29 is 4.79 Å². The number of carbonyl (C=O) groups excluding carboxylic acids is 1. The smallest absolute Gasteiger partial charge is 0.228 e. The molecule has 1 aliphatic carbocycles. The number of benzene rings is 1. The second-order valence-corrected chi connectivity index (χ2v) is 6.45. The highest BCUT2D eigenvalue weighted by Gasteiger charge is 2.20. The largest absolute Gasteiger partial charge is 0.310 e. The number of hydrogen-bond acceptors (Lipinski definition) is 2. The Morgan fingerprint density at radius 3 is 2.95 bits per heavy atom. The number of aryl methyl sites for hydroxylation is 1. The fourth-order valence-corrected chi connectivity index (χ4v) is 3.04. The number of nitrogens with one attached hydrogen (secondary N) is 1. The first kappa shape index (κ1) is 15.0. The molecule has 1 aromatic heterocycles. The molecule has 1 aromatic carbocycles. The summed E-state index contributed by atoms with van der Waals surface area (Å²) in [6.45, 7) is 1.92. The van der Waals surface area contributed by atoms with Crippen LogP contribution >= 0.6 is 15.9 Å². The number of aromatic nitrogens is 2. The Kier molecular flexibility index (Phi) is 4.43. The third-order valence-corrected chi connectivity index (χ3v) is 4.27. The van der Waals surface area contributed by atoms with Gasteiger partial charge in [0.05, 0.1) is 11.4 Å². The second kappa shape index (κ2) is 6.48. The van der Waals surface area contributed by atoms with Gasteiger partial charge in [0.15, 0.2) is 0 Å². The van der Waals surface area contributed by atoms with Gasteiger partial charge in [-0.15, -0.1) is 0 Å². The van der Waals surface area contributed by atoms with E-state index in [4.69, 9.17) is 0 Å². The average Bonchev–Trinajstić information content (AvgIpc) is 2.89. The number of allylic oxidation sites excluding steroid dienone is 2. The zero-order chi connectivity index (χ0) is 15.5. The topological polar surface area (TPSA) is 46.9 Å². The predicted octanol–water partition coefficient (Wildman–Crippen LogP) is 4.24. The van der Waals surface area contributed by atoms with E-state index in [0.717, 1.165) is 40.9 Å². The second-order valence-electron chi connectivity index (χ2n) is 5.53. The molecule has 0 saturated heterocycles. The van der Waals surface area contributed by atoms with Gasteiger partial charge in [-0.1, -0.05) is 34.1 Å². The summed E-state index contributed by atoms with van der Waals surface area (Å²) in [5.41, 5.74) is 1.79. The fourth-order valence-electron chi connectivity index (χ4n) is 2.65. The van der Waals surface area contributed by atoms with Crippen molar-refractivity contribution in [1.29, 1.82) is 0 Å². The van der Waals surface area contributed by atoms with E-state index in [1.165, 1.54) is 0 Å². The van der Waals surface area contributed by atoms with Crippen LogP contribution in [0, 0.1) is 12.8 Å².